The van der Waals surface area contributed by atoms with Crippen LogP contribution in [-0.2, 0) is 0 Å². The second-order valence-electron chi connectivity index (χ2n) is 4.22. The van der Waals surface area contributed by atoms with Crippen molar-refractivity contribution in [3.05, 3.63) is 52.7 Å². The minimum atomic E-state index is -0.141. The smallest absolute Gasteiger partial charge is 0.224 e. The predicted molar refractivity (Wildman–Crippen MR) is 73.1 cm³/mol. The molecule has 2 N–H and O–H groups in total. The van der Waals surface area contributed by atoms with Gasteiger partial charge in [0.15, 0.2) is 0 Å². The minimum Gasteiger partial charge on any atom is -0.437 e. The van der Waals surface area contributed by atoms with E-state index in [4.69, 9.17) is 22.1 Å². The second kappa shape index (κ2) is 5.38. The predicted octanol–water partition coefficient (Wildman–Crippen LogP) is 3.86. The molecule has 94 valence electrons. The van der Waals surface area contributed by atoms with Gasteiger partial charge in [-0.2, -0.15) is 0 Å². The van der Waals surface area contributed by atoms with Crippen LogP contribution in [0.2, 0.25) is 5.02 Å². The van der Waals surface area contributed by atoms with Crippen molar-refractivity contribution >= 4 is 11.6 Å². The quantitative estimate of drug-likeness (QED) is 0.914. The molecule has 2 rings (SSSR count). The summed E-state index contributed by atoms with van der Waals surface area (Å²) in [6.45, 7) is 3.87. The van der Waals surface area contributed by atoms with E-state index in [2.05, 4.69) is 4.98 Å². The molecule has 2 aromatic rings. The van der Waals surface area contributed by atoms with Gasteiger partial charge >= 0.3 is 0 Å². The Bertz CT molecular complexity index is 555. The molecule has 0 unspecified atom stereocenters. The monoisotopic (exact) mass is 262 g/mol. The van der Waals surface area contributed by atoms with Gasteiger partial charge in [0.05, 0.1) is 5.02 Å². The Morgan fingerprint density at radius 3 is 2.78 bits per heavy atom. The van der Waals surface area contributed by atoms with Crippen molar-refractivity contribution in [1.82, 2.24) is 4.98 Å². The Labute approximate surface area is 112 Å². The molecule has 1 atom stereocenters. The topological polar surface area (TPSA) is 48.1 Å². The lowest BCUT2D eigenvalue weighted by atomic mass is 10.1. The molecule has 0 saturated heterocycles. The average molecular weight is 263 g/mol. The molecule has 18 heavy (non-hydrogen) atoms. The van der Waals surface area contributed by atoms with E-state index in [-0.39, 0.29) is 6.04 Å². The number of hydrogen-bond acceptors (Lipinski definition) is 3. The van der Waals surface area contributed by atoms with Crippen molar-refractivity contribution in [2.45, 2.75) is 19.9 Å². The molecule has 0 bridgehead atoms. The van der Waals surface area contributed by atoms with E-state index in [1.165, 1.54) is 0 Å². The Morgan fingerprint density at radius 2 is 2.11 bits per heavy atom. The Hall–Kier alpha value is -1.58. The van der Waals surface area contributed by atoms with Gasteiger partial charge < -0.3 is 10.5 Å². The molecule has 1 heterocycles. The zero-order valence-corrected chi connectivity index (χ0v) is 11.1. The fraction of sp³-hybridized carbons (Fsp3) is 0.214. The van der Waals surface area contributed by atoms with Gasteiger partial charge in [0.25, 0.3) is 0 Å². The third-order valence-corrected chi connectivity index (χ3v) is 2.88. The molecule has 1 aromatic carbocycles. The number of hydrogen-bond donors (Lipinski definition) is 1. The first-order chi connectivity index (χ1) is 8.58. The van der Waals surface area contributed by atoms with E-state index in [9.17, 15) is 0 Å². The van der Waals surface area contributed by atoms with Gasteiger partial charge in [-0.05, 0) is 37.6 Å². The molecule has 0 aliphatic rings. The third-order valence-electron chi connectivity index (χ3n) is 2.59. The zero-order chi connectivity index (χ0) is 13.1. The summed E-state index contributed by atoms with van der Waals surface area (Å²) in [5.41, 5.74) is 7.82. The standard InChI is InChI=1S/C14H15ClN2O/c1-9-5-6-13(12(15)8-9)18-14-11(10(2)16)4-3-7-17-14/h3-8,10H,16H2,1-2H3/t10-/m0/s1. The summed E-state index contributed by atoms with van der Waals surface area (Å²) in [6, 6.07) is 9.22. The number of ether oxygens (including phenoxy) is 1. The second-order valence-corrected chi connectivity index (χ2v) is 4.63. The first kappa shape index (κ1) is 12.9. The fourth-order valence-corrected chi connectivity index (χ4v) is 1.90. The maximum Gasteiger partial charge on any atom is 0.224 e. The number of nitrogens with zero attached hydrogens (tertiary/aromatic N) is 1. The van der Waals surface area contributed by atoms with E-state index >= 15 is 0 Å². The first-order valence-electron chi connectivity index (χ1n) is 5.72. The van der Waals surface area contributed by atoms with Gasteiger partial charge in [-0.1, -0.05) is 23.7 Å². The molecule has 0 aliphatic carbocycles. The van der Waals surface area contributed by atoms with Crippen LogP contribution in [-0.4, -0.2) is 4.98 Å². The van der Waals surface area contributed by atoms with Crippen LogP contribution in [0.3, 0.4) is 0 Å². The van der Waals surface area contributed by atoms with Gasteiger partial charge in [-0.15, -0.1) is 0 Å². The SMILES string of the molecule is Cc1ccc(Oc2ncccc2[C@H](C)N)c(Cl)c1. The highest BCUT2D eigenvalue weighted by Gasteiger charge is 2.11. The minimum absolute atomic E-state index is 0.141. The maximum atomic E-state index is 6.13. The van der Waals surface area contributed by atoms with Crippen LogP contribution < -0.4 is 10.5 Å². The third kappa shape index (κ3) is 2.81. The number of benzene rings is 1. The summed E-state index contributed by atoms with van der Waals surface area (Å²) >= 11 is 6.13. The van der Waals surface area contributed by atoms with E-state index in [1.54, 1.807) is 6.20 Å². The van der Waals surface area contributed by atoms with Crippen LogP contribution in [0.1, 0.15) is 24.1 Å². The van der Waals surface area contributed by atoms with Gasteiger partial charge in [0, 0.05) is 17.8 Å². The van der Waals surface area contributed by atoms with Crippen LogP contribution in [0.15, 0.2) is 36.5 Å². The summed E-state index contributed by atoms with van der Waals surface area (Å²) in [4.78, 5) is 4.20. The molecule has 0 amide bonds. The highest BCUT2D eigenvalue weighted by atomic mass is 35.5. The molecule has 0 fully saturated rings. The number of aryl methyl sites for hydroxylation is 1. The maximum absolute atomic E-state index is 6.13. The fourth-order valence-electron chi connectivity index (χ4n) is 1.63. The lowest BCUT2D eigenvalue weighted by Gasteiger charge is -2.13. The summed E-state index contributed by atoms with van der Waals surface area (Å²) < 4.78 is 5.73. The highest BCUT2D eigenvalue weighted by molar-refractivity contribution is 6.32. The molecule has 4 heteroatoms. The van der Waals surface area contributed by atoms with Gasteiger partial charge in [0.2, 0.25) is 5.88 Å². The van der Waals surface area contributed by atoms with Crippen molar-refractivity contribution in [2.24, 2.45) is 5.73 Å². The normalized spacial score (nSPS) is 12.2. The lowest BCUT2D eigenvalue weighted by molar-refractivity contribution is 0.452. The molecule has 1 aromatic heterocycles. The van der Waals surface area contributed by atoms with Gasteiger partial charge in [-0.25, -0.2) is 4.98 Å². The van der Waals surface area contributed by atoms with E-state index in [1.807, 2.05) is 44.2 Å². The van der Waals surface area contributed by atoms with Crippen molar-refractivity contribution in [3.8, 4) is 11.6 Å². The van der Waals surface area contributed by atoms with Crippen molar-refractivity contribution in [3.63, 3.8) is 0 Å². The van der Waals surface area contributed by atoms with E-state index in [0.29, 0.717) is 16.7 Å². The highest BCUT2D eigenvalue weighted by Crippen LogP contribution is 2.31. The molecule has 0 saturated carbocycles. The van der Waals surface area contributed by atoms with Crippen LogP contribution >= 0.6 is 11.6 Å². The first-order valence-corrected chi connectivity index (χ1v) is 6.10. The molecular formula is C14H15ClN2O. The Balaban J connectivity index is 2.34. The molecular weight excluding hydrogens is 248 g/mol. The van der Waals surface area contributed by atoms with Crippen molar-refractivity contribution < 1.29 is 4.74 Å². The van der Waals surface area contributed by atoms with Crippen molar-refractivity contribution in [1.29, 1.82) is 0 Å². The van der Waals surface area contributed by atoms with Crippen LogP contribution in [0.4, 0.5) is 0 Å². The van der Waals surface area contributed by atoms with E-state index in [0.717, 1.165) is 11.1 Å². The Kier molecular flexibility index (Phi) is 3.84. The van der Waals surface area contributed by atoms with Crippen LogP contribution in [0.25, 0.3) is 0 Å². The van der Waals surface area contributed by atoms with Gasteiger partial charge in [0.1, 0.15) is 5.75 Å². The number of halogens is 1. The lowest BCUT2D eigenvalue weighted by Crippen LogP contribution is -2.07. The molecule has 0 aliphatic heterocycles. The molecule has 3 nitrogen and oxygen atoms in total. The average Bonchev–Trinajstić information content (AvgIpc) is 2.33. The van der Waals surface area contributed by atoms with Crippen LogP contribution in [0, 0.1) is 6.92 Å². The molecule has 0 radical (unpaired) electrons. The van der Waals surface area contributed by atoms with Gasteiger partial charge in [-0.3, -0.25) is 0 Å². The zero-order valence-electron chi connectivity index (χ0n) is 10.4. The summed E-state index contributed by atoms with van der Waals surface area (Å²) in [6.07, 6.45) is 1.67. The summed E-state index contributed by atoms with van der Waals surface area (Å²) in [5.74, 6) is 1.08. The number of rotatable bonds is 3. The number of nitrogens with two attached hydrogens (primary N) is 1. The number of aromatic nitrogens is 1. The largest absolute Gasteiger partial charge is 0.437 e. The van der Waals surface area contributed by atoms with E-state index < -0.39 is 0 Å². The Morgan fingerprint density at radius 1 is 1.33 bits per heavy atom. The summed E-state index contributed by atoms with van der Waals surface area (Å²) in [7, 11) is 0. The number of pyridine rings is 1. The molecule has 0 spiro atoms. The van der Waals surface area contributed by atoms with Crippen LogP contribution in [0.5, 0.6) is 11.6 Å². The van der Waals surface area contributed by atoms with Crippen molar-refractivity contribution in [2.75, 3.05) is 0 Å². The summed E-state index contributed by atoms with van der Waals surface area (Å²) in [5, 5.41) is 0.566.